The molecule has 0 saturated carbocycles. The number of fused-ring (bicyclic) bond motifs is 2. The lowest BCUT2D eigenvalue weighted by Crippen LogP contribution is -2.38. The van der Waals surface area contributed by atoms with Gasteiger partial charge in [-0.15, -0.1) is 0 Å². The highest BCUT2D eigenvalue weighted by Crippen LogP contribution is 2.28. The van der Waals surface area contributed by atoms with Crippen molar-refractivity contribution in [1.29, 1.82) is 0 Å². The molecule has 0 aliphatic carbocycles. The van der Waals surface area contributed by atoms with E-state index in [1.54, 1.807) is 17.2 Å². The van der Waals surface area contributed by atoms with Crippen molar-refractivity contribution in [3.8, 4) is 0 Å². The number of hydrogen-bond donors (Lipinski definition) is 0. The highest BCUT2D eigenvalue weighted by atomic mass is 16.2. The Morgan fingerprint density at radius 3 is 2.81 bits per heavy atom. The Balaban J connectivity index is 1.88. The molecule has 0 spiro atoms. The third-order valence-electron chi connectivity index (χ3n) is 4.99. The van der Waals surface area contributed by atoms with Gasteiger partial charge in [0.25, 0.3) is 5.91 Å². The van der Waals surface area contributed by atoms with Crippen LogP contribution in [0.15, 0.2) is 47.4 Å². The average molecular weight is 347 g/mol. The number of amides is 1. The SMILES string of the molecule is CCn1cc(C(=O)N2CCCc3ccccc32)c(=O)c2ccc(C)nc21. The van der Waals surface area contributed by atoms with E-state index in [1.807, 2.05) is 48.7 Å². The van der Waals surface area contributed by atoms with E-state index in [9.17, 15) is 9.59 Å². The monoisotopic (exact) mass is 347 g/mol. The van der Waals surface area contributed by atoms with Crippen LogP contribution in [0.25, 0.3) is 11.0 Å². The Morgan fingerprint density at radius 2 is 2.00 bits per heavy atom. The van der Waals surface area contributed by atoms with Crippen LogP contribution in [-0.2, 0) is 13.0 Å². The van der Waals surface area contributed by atoms with E-state index in [-0.39, 0.29) is 16.9 Å². The topological polar surface area (TPSA) is 55.2 Å². The van der Waals surface area contributed by atoms with E-state index >= 15 is 0 Å². The second-order valence-electron chi connectivity index (χ2n) is 6.67. The molecule has 1 aromatic carbocycles. The van der Waals surface area contributed by atoms with Gasteiger partial charge in [0.05, 0.1) is 5.39 Å². The summed E-state index contributed by atoms with van der Waals surface area (Å²) in [6.07, 6.45) is 3.52. The number of anilines is 1. The van der Waals surface area contributed by atoms with Crippen molar-refractivity contribution < 1.29 is 4.79 Å². The number of rotatable bonds is 2. The van der Waals surface area contributed by atoms with Gasteiger partial charge in [0, 0.05) is 30.7 Å². The molecule has 0 fully saturated rings. The summed E-state index contributed by atoms with van der Waals surface area (Å²) in [7, 11) is 0. The average Bonchev–Trinajstić information content (AvgIpc) is 2.67. The van der Waals surface area contributed by atoms with Crippen molar-refractivity contribution in [2.45, 2.75) is 33.2 Å². The van der Waals surface area contributed by atoms with E-state index in [2.05, 4.69) is 4.98 Å². The largest absolute Gasteiger partial charge is 0.332 e. The minimum atomic E-state index is -0.245. The van der Waals surface area contributed by atoms with Crippen molar-refractivity contribution in [1.82, 2.24) is 9.55 Å². The lowest BCUT2D eigenvalue weighted by atomic mass is 10.0. The first kappa shape index (κ1) is 16.5. The lowest BCUT2D eigenvalue weighted by Gasteiger charge is -2.29. The maximum Gasteiger partial charge on any atom is 0.263 e. The van der Waals surface area contributed by atoms with Crippen LogP contribution in [0.4, 0.5) is 5.69 Å². The number of aromatic nitrogens is 2. The number of pyridine rings is 2. The summed E-state index contributed by atoms with van der Waals surface area (Å²) >= 11 is 0. The van der Waals surface area contributed by atoms with Gasteiger partial charge in [-0.05, 0) is 50.5 Å². The number of benzene rings is 1. The Hall–Kier alpha value is -2.95. The molecule has 1 aliphatic rings. The second kappa shape index (κ2) is 6.41. The molecule has 3 aromatic rings. The van der Waals surface area contributed by atoms with Crippen LogP contribution in [0.5, 0.6) is 0 Å². The number of carbonyl (C=O) groups excluding carboxylic acids is 1. The van der Waals surface area contributed by atoms with Crippen LogP contribution < -0.4 is 10.3 Å². The molecule has 5 nitrogen and oxygen atoms in total. The molecule has 2 aromatic heterocycles. The first-order chi connectivity index (χ1) is 12.6. The highest BCUT2D eigenvalue weighted by Gasteiger charge is 2.26. The molecular weight excluding hydrogens is 326 g/mol. The van der Waals surface area contributed by atoms with Gasteiger partial charge in [-0.1, -0.05) is 18.2 Å². The normalized spacial score (nSPS) is 13.7. The number of para-hydroxylation sites is 1. The van der Waals surface area contributed by atoms with Gasteiger partial charge in [-0.2, -0.15) is 0 Å². The molecule has 0 radical (unpaired) electrons. The zero-order valence-corrected chi connectivity index (χ0v) is 15.0. The van der Waals surface area contributed by atoms with Gasteiger partial charge < -0.3 is 9.47 Å². The van der Waals surface area contributed by atoms with E-state index in [0.29, 0.717) is 24.1 Å². The number of nitrogens with zero attached hydrogens (tertiary/aromatic N) is 3. The standard InChI is InChI=1S/C21H21N3O2/c1-3-23-13-17(19(25)16-11-10-14(2)22-20(16)23)21(26)24-12-6-8-15-7-4-5-9-18(15)24/h4-5,7,9-11,13H,3,6,8,12H2,1-2H3. The second-order valence-corrected chi connectivity index (χ2v) is 6.67. The Labute approximate surface area is 151 Å². The predicted molar refractivity (Wildman–Crippen MR) is 103 cm³/mol. The van der Waals surface area contributed by atoms with Crippen LogP contribution >= 0.6 is 0 Å². The van der Waals surface area contributed by atoms with Gasteiger partial charge >= 0.3 is 0 Å². The Bertz CT molecular complexity index is 1070. The summed E-state index contributed by atoms with van der Waals surface area (Å²) in [4.78, 5) is 32.5. The zero-order chi connectivity index (χ0) is 18.3. The molecule has 26 heavy (non-hydrogen) atoms. The van der Waals surface area contributed by atoms with E-state index in [4.69, 9.17) is 0 Å². The minimum absolute atomic E-state index is 0.210. The summed E-state index contributed by atoms with van der Waals surface area (Å²) in [6.45, 7) is 5.15. The van der Waals surface area contributed by atoms with Gasteiger partial charge in [0.1, 0.15) is 11.2 Å². The molecule has 132 valence electrons. The van der Waals surface area contributed by atoms with Crippen LogP contribution in [-0.4, -0.2) is 22.0 Å². The summed E-state index contributed by atoms with van der Waals surface area (Å²) in [5, 5.41) is 0.494. The third-order valence-corrected chi connectivity index (χ3v) is 4.99. The van der Waals surface area contributed by atoms with Gasteiger partial charge in [-0.25, -0.2) is 4.98 Å². The number of hydrogen-bond acceptors (Lipinski definition) is 3. The van der Waals surface area contributed by atoms with Crippen molar-refractivity contribution >= 4 is 22.6 Å². The molecule has 1 aliphatic heterocycles. The maximum absolute atomic E-state index is 13.3. The van der Waals surface area contributed by atoms with Crippen LogP contribution in [0.1, 0.15) is 35.0 Å². The van der Waals surface area contributed by atoms with Gasteiger partial charge in [0.2, 0.25) is 5.43 Å². The minimum Gasteiger partial charge on any atom is -0.332 e. The predicted octanol–water partition coefficient (Wildman–Crippen LogP) is 3.32. The van der Waals surface area contributed by atoms with Gasteiger partial charge in [-0.3, -0.25) is 9.59 Å². The van der Waals surface area contributed by atoms with Gasteiger partial charge in [0.15, 0.2) is 0 Å². The molecule has 0 atom stereocenters. The fraction of sp³-hybridized carbons (Fsp3) is 0.286. The molecule has 3 heterocycles. The zero-order valence-electron chi connectivity index (χ0n) is 15.0. The number of aryl methyl sites for hydroxylation is 3. The smallest absolute Gasteiger partial charge is 0.263 e. The summed E-state index contributed by atoms with van der Waals surface area (Å²) in [6, 6.07) is 11.5. The molecule has 0 unspecified atom stereocenters. The molecule has 0 saturated heterocycles. The Morgan fingerprint density at radius 1 is 1.19 bits per heavy atom. The summed E-state index contributed by atoms with van der Waals surface area (Å²) < 4.78 is 1.88. The molecule has 0 bridgehead atoms. The van der Waals surface area contributed by atoms with Crippen molar-refractivity contribution in [3.63, 3.8) is 0 Å². The van der Waals surface area contributed by atoms with Crippen molar-refractivity contribution in [2.24, 2.45) is 0 Å². The molecule has 5 heteroatoms. The maximum atomic E-state index is 13.3. The highest BCUT2D eigenvalue weighted by molar-refractivity contribution is 6.07. The fourth-order valence-corrected chi connectivity index (χ4v) is 3.64. The first-order valence-electron chi connectivity index (χ1n) is 9.00. The van der Waals surface area contributed by atoms with Crippen LogP contribution in [0.2, 0.25) is 0 Å². The van der Waals surface area contributed by atoms with Crippen molar-refractivity contribution in [2.75, 3.05) is 11.4 Å². The fourth-order valence-electron chi connectivity index (χ4n) is 3.64. The van der Waals surface area contributed by atoms with E-state index in [0.717, 1.165) is 29.8 Å². The summed E-state index contributed by atoms with van der Waals surface area (Å²) in [5.74, 6) is -0.230. The summed E-state index contributed by atoms with van der Waals surface area (Å²) in [5.41, 5.74) is 3.51. The van der Waals surface area contributed by atoms with E-state index < -0.39 is 0 Å². The quantitative estimate of drug-likeness (QED) is 0.715. The molecule has 4 rings (SSSR count). The van der Waals surface area contributed by atoms with Crippen LogP contribution in [0, 0.1) is 6.92 Å². The first-order valence-corrected chi connectivity index (χ1v) is 9.00. The molecular formula is C21H21N3O2. The lowest BCUT2D eigenvalue weighted by molar-refractivity contribution is 0.0983. The molecule has 1 amide bonds. The number of carbonyl (C=O) groups is 1. The van der Waals surface area contributed by atoms with Crippen molar-refractivity contribution in [3.05, 3.63) is 69.6 Å². The third kappa shape index (κ3) is 2.60. The van der Waals surface area contributed by atoms with E-state index in [1.165, 1.54) is 0 Å². The Kier molecular flexibility index (Phi) is 4.07. The molecule has 0 N–H and O–H groups in total. The van der Waals surface area contributed by atoms with Crippen LogP contribution in [0.3, 0.4) is 0 Å².